The fraction of sp³-hybridized carbons (Fsp3) is 0.222. The summed E-state index contributed by atoms with van der Waals surface area (Å²) in [5.74, 6) is -1.73. The first kappa shape index (κ1) is 15.8. The Morgan fingerprint density at radius 2 is 1.59 bits per heavy atom. The van der Waals surface area contributed by atoms with Crippen LogP contribution in [0.1, 0.15) is 39.6 Å². The molecule has 0 aliphatic rings. The van der Waals surface area contributed by atoms with Gasteiger partial charge < -0.3 is 9.84 Å². The standard InChI is InChI=1S/C18H18O4/c1-13(11-12-14-7-3-2-4-8-14)22-18(21)16-10-6-5-9-15(16)17(19)20/h2-10,13H,11-12H2,1H3,(H,19,20)/t13-/m0/s1. The van der Waals surface area contributed by atoms with E-state index < -0.39 is 11.9 Å². The SMILES string of the molecule is C[C@@H](CCc1ccccc1)OC(=O)c1ccccc1C(=O)O. The Morgan fingerprint density at radius 1 is 1.00 bits per heavy atom. The molecular formula is C18H18O4. The molecule has 0 aliphatic carbocycles. The Balaban J connectivity index is 1.95. The highest BCUT2D eigenvalue weighted by atomic mass is 16.5. The lowest BCUT2D eigenvalue weighted by Gasteiger charge is -2.14. The van der Waals surface area contributed by atoms with Gasteiger partial charge >= 0.3 is 11.9 Å². The molecule has 0 aliphatic heterocycles. The maximum absolute atomic E-state index is 12.1. The van der Waals surface area contributed by atoms with Crippen molar-refractivity contribution < 1.29 is 19.4 Å². The van der Waals surface area contributed by atoms with E-state index in [0.717, 1.165) is 6.42 Å². The van der Waals surface area contributed by atoms with Crippen molar-refractivity contribution in [1.82, 2.24) is 0 Å². The molecule has 22 heavy (non-hydrogen) atoms. The summed E-state index contributed by atoms with van der Waals surface area (Å²) in [5, 5.41) is 9.09. The molecule has 0 aromatic heterocycles. The number of rotatable bonds is 6. The van der Waals surface area contributed by atoms with E-state index in [0.29, 0.717) is 6.42 Å². The summed E-state index contributed by atoms with van der Waals surface area (Å²) >= 11 is 0. The number of hydrogen-bond donors (Lipinski definition) is 1. The second-order valence-corrected chi connectivity index (χ2v) is 5.09. The average molecular weight is 298 g/mol. The van der Waals surface area contributed by atoms with Gasteiger partial charge in [-0.15, -0.1) is 0 Å². The molecule has 0 saturated carbocycles. The Hall–Kier alpha value is -2.62. The highest BCUT2D eigenvalue weighted by Crippen LogP contribution is 2.13. The van der Waals surface area contributed by atoms with E-state index in [9.17, 15) is 9.59 Å². The van der Waals surface area contributed by atoms with Gasteiger partial charge in [-0.25, -0.2) is 9.59 Å². The van der Waals surface area contributed by atoms with Gasteiger partial charge in [0.2, 0.25) is 0 Å². The summed E-state index contributed by atoms with van der Waals surface area (Å²) in [4.78, 5) is 23.2. The number of carbonyl (C=O) groups is 2. The molecule has 0 bridgehead atoms. The van der Waals surface area contributed by atoms with Gasteiger partial charge in [0.1, 0.15) is 0 Å². The molecule has 0 saturated heterocycles. The first-order valence-electron chi connectivity index (χ1n) is 7.15. The third-order valence-corrected chi connectivity index (χ3v) is 3.37. The second-order valence-electron chi connectivity index (χ2n) is 5.09. The van der Waals surface area contributed by atoms with Gasteiger partial charge in [-0.05, 0) is 37.5 Å². The van der Waals surface area contributed by atoms with Crippen LogP contribution >= 0.6 is 0 Å². The molecule has 4 heteroatoms. The van der Waals surface area contributed by atoms with Crippen molar-refractivity contribution in [2.75, 3.05) is 0 Å². The van der Waals surface area contributed by atoms with E-state index in [1.54, 1.807) is 12.1 Å². The van der Waals surface area contributed by atoms with Crippen LogP contribution in [0.15, 0.2) is 54.6 Å². The lowest BCUT2D eigenvalue weighted by atomic mass is 10.1. The minimum absolute atomic E-state index is 0.0391. The molecule has 2 rings (SSSR count). The number of aryl methyl sites for hydroxylation is 1. The third kappa shape index (κ3) is 4.19. The van der Waals surface area contributed by atoms with Gasteiger partial charge in [0.25, 0.3) is 0 Å². The number of benzene rings is 2. The van der Waals surface area contributed by atoms with Gasteiger partial charge in [0.05, 0.1) is 17.2 Å². The second kappa shape index (κ2) is 7.41. The van der Waals surface area contributed by atoms with E-state index in [2.05, 4.69) is 0 Å². The molecule has 0 amide bonds. The summed E-state index contributed by atoms with van der Waals surface area (Å²) in [6.07, 6.45) is 1.20. The number of ether oxygens (including phenoxy) is 1. The lowest BCUT2D eigenvalue weighted by molar-refractivity contribution is 0.0319. The van der Waals surface area contributed by atoms with Crippen molar-refractivity contribution in [3.63, 3.8) is 0 Å². The Labute approximate surface area is 129 Å². The van der Waals surface area contributed by atoms with Crippen molar-refractivity contribution in [3.8, 4) is 0 Å². The molecule has 2 aromatic rings. The van der Waals surface area contributed by atoms with Gasteiger partial charge in [-0.3, -0.25) is 0 Å². The topological polar surface area (TPSA) is 63.6 Å². The Bertz CT molecular complexity index is 649. The third-order valence-electron chi connectivity index (χ3n) is 3.37. The molecule has 2 aromatic carbocycles. The van der Waals surface area contributed by atoms with E-state index in [1.165, 1.54) is 17.7 Å². The number of carbonyl (C=O) groups excluding carboxylic acids is 1. The quantitative estimate of drug-likeness (QED) is 0.828. The Morgan fingerprint density at radius 3 is 2.23 bits per heavy atom. The number of esters is 1. The van der Waals surface area contributed by atoms with Crippen molar-refractivity contribution >= 4 is 11.9 Å². The van der Waals surface area contributed by atoms with Crippen LogP contribution in [0, 0.1) is 0 Å². The van der Waals surface area contributed by atoms with Crippen molar-refractivity contribution in [2.24, 2.45) is 0 Å². The molecule has 0 radical (unpaired) electrons. The van der Waals surface area contributed by atoms with Crippen LogP contribution in [0.25, 0.3) is 0 Å². The van der Waals surface area contributed by atoms with Crippen molar-refractivity contribution in [3.05, 3.63) is 71.3 Å². The van der Waals surface area contributed by atoms with Crippen LogP contribution in [-0.4, -0.2) is 23.1 Å². The van der Waals surface area contributed by atoms with Gasteiger partial charge in [-0.2, -0.15) is 0 Å². The predicted octanol–water partition coefficient (Wildman–Crippen LogP) is 3.56. The normalized spacial score (nSPS) is 11.7. The van der Waals surface area contributed by atoms with Crippen molar-refractivity contribution in [1.29, 1.82) is 0 Å². The predicted molar refractivity (Wildman–Crippen MR) is 83.0 cm³/mol. The van der Waals surface area contributed by atoms with Crippen LogP contribution < -0.4 is 0 Å². The first-order chi connectivity index (χ1) is 10.6. The minimum Gasteiger partial charge on any atom is -0.478 e. The van der Waals surface area contributed by atoms with Crippen molar-refractivity contribution in [2.45, 2.75) is 25.9 Å². The fourth-order valence-electron chi connectivity index (χ4n) is 2.17. The van der Waals surface area contributed by atoms with E-state index in [-0.39, 0.29) is 17.2 Å². The van der Waals surface area contributed by atoms with E-state index >= 15 is 0 Å². The summed E-state index contributed by atoms with van der Waals surface area (Å²) in [5.41, 5.74) is 1.22. The Kier molecular flexibility index (Phi) is 5.31. The van der Waals surface area contributed by atoms with Gasteiger partial charge in [-0.1, -0.05) is 42.5 Å². The maximum atomic E-state index is 12.1. The van der Waals surface area contributed by atoms with E-state index in [1.807, 2.05) is 37.3 Å². The number of carboxylic acid groups (broad SMARTS) is 1. The number of carboxylic acids is 1. The van der Waals surface area contributed by atoms with Crippen LogP contribution in [0.3, 0.4) is 0 Å². The van der Waals surface area contributed by atoms with E-state index in [4.69, 9.17) is 9.84 Å². The molecular weight excluding hydrogens is 280 g/mol. The highest BCUT2D eigenvalue weighted by molar-refractivity contribution is 6.02. The minimum atomic E-state index is -1.13. The molecule has 4 nitrogen and oxygen atoms in total. The molecule has 0 unspecified atom stereocenters. The molecule has 0 spiro atoms. The zero-order valence-electron chi connectivity index (χ0n) is 12.4. The highest BCUT2D eigenvalue weighted by Gasteiger charge is 2.18. The summed E-state index contributed by atoms with van der Waals surface area (Å²) in [7, 11) is 0. The monoisotopic (exact) mass is 298 g/mol. The number of aromatic carboxylic acids is 1. The first-order valence-corrected chi connectivity index (χ1v) is 7.15. The zero-order valence-corrected chi connectivity index (χ0v) is 12.4. The smallest absolute Gasteiger partial charge is 0.339 e. The lowest BCUT2D eigenvalue weighted by Crippen LogP contribution is -2.18. The summed E-state index contributed by atoms with van der Waals surface area (Å²) in [6, 6.07) is 16.0. The molecule has 1 atom stereocenters. The summed E-state index contributed by atoms with van der Waals surface area (Å²) < 4.78 is 5.35. The molecule has 0 fully saturated rings. The van der Waals surface area contributed by atoms with Crippen LogP contribution in [-0.2, 0) is 11.2 Å². The van der Waals surface area contributed by atoms with Gasteiger partial charge in [0.15, 0.2) is 0 Å². The maximum Gasteiger partial charge on any atom is 0.339 e. The molecule has 1 N–H and O–H groups in total. The van der Waals surface area contributed by atoms with Gasteiger partial charge in [0, 0.05) is 0 Å². The van der Waals surface area contributed by atoms with Crippen LogP contribution in [0.5, 0.6) is 0 Å². The van der Waals surface area contributed by atoms with Crippen LogP contribution in [0.2, 0.25) is 0 Å². The summed E-state index contributed by atoms with van der Waals surface area (Å²) in [6.45, 7) is 1.81. The molecule has 114 valence electrons. The molecule has 0 heterocycles. The average Bonchev–Trinajstić information content (AvgIpc) is 2.54. The van der Waals surface area contributed by atoms with Crippen LogP contribution in [0.4, 0.5) is 0 Å². The number of hydrogen-bond acceptors (Lipinski definition) is 3. The largest absolute Gasteiger partial charge is 0.478 e. The zero-order chi connectivity index (χ0) is 15.9. The fourth-order valence-corrected chi connectivity index (χ4v) is 2.17.